The van der Waals surface area contributed by atoms with Crippen molar-refractivity contribution in [3.05, 3.63) is 35.9 Å². The second-order valence-corrected chi connectivity index (χ2v) is 9.46. The smallest absolute Gasteiger partial charge is 0.0887 e. The van der Waals surface area contributed by atoms with Gasteiger partial charge in [-0.25, -0.2) is 0 Å². The SMILES string of the molecule is CC(C)C1(C(C)(C)C)CN(Cc2ccccc2)CC2(CCNCC2)O1. The van der Waals surface area contributed by atoms with Gasteiger partial charge in [-0.1, -0.05) is 65.0 Å². The maximum Gasteiger partial charge on any atom is 0.0887 e. The maximum absolute atomic E-state index is 7.11. The third kappa shape index (κ3) is 3.79. The number of rotatable bonds is 3. The quantitative estimate of drug-likeness (QED) is 0.894. The Morgan fingerprint density at radius 3 is 2.28 bits per heavy atom. The maximum atomic E-state index is 7.11. The molecule has 25 heavy (non-hydrogen) atoms. The van der Waals surface area contributed by atoms with E-state index in [9.17, 15) is 0 Å². The van der Waals surface area contributed by atoms with Gasteiger partial charge in [-0.05, 0) is 42.8 Å². The molecule has 0 aliphatic carbocycles. The van der Waals surface area contributed by atoms with Crippen LogP contribution >= 0.6 is 0 Å². The first-order valence-corrected chi connectivity index (χ1v) is 9.94. The largest absolute Gasteiger partial charge is 0.365 e. The van der Waals surface area contributed by atoms with Gasteiger partial charge in [0.15, 0.2) is 0 Å². The molecule has 1 aromatic carbocycles. The first kappa shape index (κ1) is 18.9. The minimum atomic E-state index is -0.114. The molecule has 2 aliphatic heterocycles. The second kappa shape index (κ2) is 7.02. The second-order valence-electron chi connectivity index (χ2n) is 9.46. The standard InChI is InChI=1S/C22H36N2O/c1-18(2)22(20(3,4)5)17-24(15-19-9-7-6-8-10-19)16-21(25-22)11-13-23-14-12-21/h6-10,18,23H,11-17H2,1-5H3. The van der Waals surface area contributed by atoms with Crippen LogP contribution in [0.25, 0.3) is 0 Å². The molecule has 0 radical (unpaired) electrons. The summed E-state index contributed by atoms with van der Waals surface area (Å²) in [6.45, 7) is 17.0. The average molecular weight is 345 g/mol. The Hall–Kier alpha value is -0.900. The molecule has 1 atom stereocenters. The molecule has 1 N–H and O–H groups in total. The summed E-state index contributed by atoms with van der Waals surface area (Å²) in [6, 6.07) is 10.9. The molecule has 1 aromatic rings. The molecule has 2 fully saturated rings. The van der Waals surface area contributed by atoms with E-state index in [2.05, 4.69) is 75.2 Å². The Kier molecular flexibility index (Phi) is 5.30. The first-order chi connectivity index (χ1) is 11.8. The zero-order chi connectivity index (χ0) is 18.1. The molecular weight excluding hydrogens is 308 g/mol. The van der Waals surface area contributed by atoms with E-state index in [1.807, 2.05) is 0 Å². The van der Waals surface area contributed by atoms with Crippen LogP contribution in [0, 0.1) is 11.3 Å². The van der Waals surface area contributed by atoms with Crippen LogP contribution < -0.4 is 5.32 Å². The summed E-state index contributed by atoms with van der Waals surface area (Å²) < 4.78 is 7.11. The number of hydrogen-bond donors (Lipinski definition) is 1. The van der Waals surface area contributed by atoms with Crippen molar-refractivity contribution in [1.29, 1.82) is 0 Å². The van der Waals surface area contributed by atoms with Gasteiger partial charge < -0.3 is 10.1 Å². The summed E-state index contributed by atoms with van der Waals surface area (Å²) in [5, 5.41) is 3.52. The number of benzene rings is 1. The van der Waals surface area contributed by atoms with Crippen LogP contribution in [0.3, 0.4) is 0 Å². The molecule has 0 aromatic heterocycles. The van der Waals surface area contributed by atoms with Crippen LogP contribution in [0.15, 0.2) is 30.3 Å². The molecule has 3 nitrogen and oxygen atoms in total. The highest BCUT2D eigenvalue weighted by Crippen LogP contribution is 2.48. The molecule has 140 valence electrons. The fourth-order valence-electron chi connectivity index (χ4n) is 4.90. The van der Waals surface area contributed by atoms with Gasteiger partial charge >= 0.3 is 0 Å². The van der Waals surface area contributed by atoms with Crippen LogP contribution in [-0.4, -0.2) is 42.3 Å². The predicted octanol–water partition coefficient (Wildman–Crippen LogP) is 4.08. The van der Waals surface area contributed by atoms with Gasteiger partial charge in [-0.3, -0.25) is 4.90 Å². The Morgan fingerprint density at radius 1 is 1.08 bits per heavy atom. The lowest BCUT2D eigenvalue weighted by atomic mass is 9.67. The Balaban J connectivity index is 1.93. The van der Waals surface area contributed by atoms with Gasteiger partial charge in [-0.2, -0.15) is 0 Å². The summed E-state index contributed by atoms with van der Waals surface area (Å²) in [6.07, 6.45) is 2.23. The number of piperidine rings is 1. The van der Waals surface area contributed by atoms with E-state index in [0.29, 0.717) is 5.92 Å². The van der Waals surface area contributed by atoms with Crippen molar-refractivity contribution in [2.45, 2.75) is 65.2 Å². The van der Waals surface area contributed by atoms with Crippen molar-refractivity contribution in [3.8, 4) is 0 Å². The minimum absolute atomic E-state index is 0.00414. The lowest BCUT2D eigenvalue weighted by molar-refractivity contribution is -0.274. The fourth-order valence-corrected chi connectivity index (χ4v) is 4.90. The zero-order valence-corrected chi connectivity index (χ0v) is 16.8. The van der Waals surface area contributed by atoms with Crippen molar-refractivity contribution >= 4 is 0 Å². The van der Waals surface area contributed by atoms with Crippen molar-refractivity contribution < 1.29 is 4.74 Å². The first-order valence-electron chi connectivity index (χ1n) is 9.94. The van der Waals surface area contributed by atoms with Crippen LogP contribution in [0.5, 0.6) is 0 Å². The molecule has 3 heteroatoms. The van der Waals surface area contributed by atoms with Crippen LogP contribution in [0.1, 0.15) is 53.0 Å². The highest BCUT2D eigenvalue weighted by Gasteiger charge is 2.55. The molecule has 0 saturated carbocycles. The summed E-state index contributed by atoms with van der Waals surface area (Å²) >= 11 is 0. The minimum Gasteiger partial charge on any atom is -0.365 e. The monoisotopic (exact) mass is 344 g/mol. The molecule has 3 rings (SSSR count). The molecule has 0 amide bonds. The molecular formula is C22H36N2O. The predicted molar refractivity (Wildman–Crippen MR) is 105 cm³/mol. The van der Waals surface area contributed by atoms with Gasteiger partial charge in [0.25, 0.3) is 0 Å². The van der Waals surface area contributed by atoms with E-state index < -0.39 is 0 Å². The topological polar surface area (TPSA) is 24.5 Å². The summed E-state index contributed by atoms with van der Waals surface area (Å²) in [5.41, 5.74) is 1.39. The van der Waals surface area contributed by atoms with E-state index in [-0.39, 0.29) is 16.6 Å². The van der Waals surface area contributed by atoms with Crippen LogP contribution in [-0.2, 0) is 11.3 Å². The zero-order valence-electron chi connectivity index (χ0n) is 16.8. The van der Waals surface area contributed by atoms with E-state index >= 15 is 0 Å². The highest BCUT2D eigenvalue weighted by atomic mass is 16.5. The van der Waals surface area contributed by atoms with Crippen molar-refractivity contribution in [3.63, 3.8) is 0 Å². The van der Waals surface area contributed by atoms with Gasteiger partial charge in [0, 0.05) is 19.6 Å². The van der Waals surface area contributed by atoms with Gasteiger partial charge in [0.2, 0.25) is 0 Å². The van der Waals surface area contributed by atoms with Gasteiger partial charge in [0.05, 0.1) is 11.2 Å². The summed E-state index contributed by atoms with van der Waals surface area (Å²) in [7, 11) is 0. The third-order valence-corrected chi connectivity index (χ3v) is 6.33. The Bertz CT molecular complexity index is 557. The number of hydrogen-bond acceptors (Lipinski definition) is 3. The molecule has 1 unspecified atom stereocenters. The molecule has 2 saturated heterocycles. The number of nitrogens with one attached hydrogen (secondary N) is 1. The highest BCUT2D eigenvalue weighted by molar-refractivity contribution is 5.16. The van der Waals surface area contributed by atoms with E-state index in [1.54, 1.807) is 0 Å². The average Bonchev–Trinajstić information content (AvgIpc) is 2.55. The van der Waals surface area contributed by atoms with E-state index in [4.69, 9.17) is 4.74 Å². The van der Waals surface area contributed by atoms with E-state index in [0.717, 1.165) is 45.6 Å². The molecule has 0 bridgehead atoms. The van der Waals surface area contributed by atoms with E-state index in [1.165, 1.54) is 5.56 Å². The third-order valence-electron chi connectivity index (χ3n) is 6.33. The van der Waals surface area contributed by atoms with Gasteiger partial charge in [-0.15, -0.1) is 0 Å². The lowest BCUT2D eigenvalue weighted by Crippen LogP contribution is -2.69. The van der Waals surface area contributed by atoms with Crippen LogP contribution in [0.2, 0.25) is 0 Å². The fraction of sp³-hybridized carbons (Fsp3) is 0.727. The number of nitrogens with zero attached hydrogens (tertiary/aromatic N) is 1. The Labute approximate surface area is 154 Å². The summed E-state index contributed by atoms with van der Waals surface area (Å²) in [4.78, 5) is 2.66. The molecule has 2 heterocycles. The summed E-state index contributed by atoms with van der Waals surface area (Å²) in [5.74, 6) is 0.484. The molecule has 2 aliphatic rings. The lowest BCUT2D eigenvalue weighted by Gasteiger charge is -2.60. The van der Waals surface area contributed by atoms with Gasteiger partial charge in [0.1, 0.15) is 0 Å². The Morgan fingerprint density at radius 2 is 1.72 bits per heavy atom. The van der Waals surface area contributed by atoms with Crippen molar-refractivity contribution in [2.75, 3.05) is 26.2 Å². The van der Waals surface area contributed by atoms with Crippen LogP contribution in [0.4, 0.5) is 0 Å². The number of ether oxygens (including phenoxy) is 1. The normalized spacial score (nSPS) is 27.8. The van der Waals surface area contributed by atoms with Crippen molar-refractivity contribution in [2.24, 2.45) is 11.3 Å². The molecule has 1 spiro atoms. The number of morpholine rings is 1. The van der Waals surface area contributed by atoms with Crippen molar-refractivity contribution in [1.82, 2.24) is 10.2 Å².